The van der Waals surface area contributed by atoms with Crippen LogP contribution in [0, 0.1) is 0 Å². The molecule has 13 heavy (non-hydrogen) atoms. The topological polar surface area (TPSA) is 34.1 Å². The van der Waals surface area contributed by atoms with Crippen LogP contribution in [0.1, 0.15) is 34.1 Å². The van der Waals surface area contributed by atoms with Crippen LogP contribution in [0.4, 0.5) is 0 Å². The van der Waals surface area contributed by atoms with E-state index in [1.165, 1.54) is 0 Å². The minimum absolute atomic E-state index is 0.693. The van der Waals surface area contributed by atoms with Crippen LogP contribution < -0.4 is 0 Å². The number of aldehydes is 2. The van der Waals surface area contributed by atoms with Crippen molar-refractivity contribution in [2.75, 3.05) is 0 Å². The lowest BCUT2D eigenvalue weighted by molar-refractivity contribution is -0.105. The summed E-state index contributed by atoms with van der Waals surface area (Å²) in [6.45, 7) is 7.38. The van der Waals surface area contributed by atoms with Crippen LogP contribution >= 0.6 is 0 Å². The second kappa shape index (κ2) is 5.46. The van der Waals surface area contributed by atoms with Gasteiger partial charge in [-0.25, -0.2) is 0 Å². The molecule has 0 aromatic carbocycles. The van der Waals surface area contributed by atoms with Crippen LogP contribution in [0.15, 0.2) is 22.3 Å². The van der Waals surface area contributed by atoms with E-state index in [1.54, 1.807) is 13.8 Å². The molecule has 0 saturated heterocycles. The average molecular weight is 180 g/mol. The molecular weight excluding hydrogens is 164 g/mol. The molecule has 0 aliphatic carbocycles. The van der Waals surface area contributed by atoms with E-state index < -0.39 is 0 Å². The molecule has 0 rings (SSSR count). The average Bonchev–Trinajstić information content (AvgIpc) is 2.17. The van der Waals surface area contributed by atoms with Crippen molar-refractivity contribution in [3.8, 4) is 0 Å². The summed E-state index contributed by atoms with van der Waals surface area (Å²) in [5.74, 6) is 0. The SMILES string of the molecule is CCC(=C(C)C=O)C(C)=C(C)C=O. The number of hydrogen-bond donors (Lipinski definition) is 0. The van der Waals surface area contributed by atoms with Crippen LogP contribution in [-0.4, -0.2) is 12.6 Å². The monoisotopic (exact) mass is 180 g/mol. The largest absolute Gasteiger partial charge is 0.298 e. The highest BCUT2D eigenvalue weighted by molar-refractivity contribution is 5.79. The first-order valence-corrected chi connectivity index (χ1v) is 4.36. The summed E-state index contributed by atoms with van der Waals surface area (Å²) in [6.07, 6.45) is 2.44. The third kappa shape index (κ3) is 2.98. The van der Waals surface area contributed by atoms with Crippen molar-refractivity contribution in [3.63, 3.8) is 0 Å². The molecule has 2 nitrogen and oxygen atoms in total. The maximum atomic E-state index is 10.6. The van der Waals surface area contributed by atoms with E-state index in [-0.39, 0.29) is 0 Å². The molecule has 0 aromatic rings. The zero-order valence-corrected chi connectivity index (χ0v) is 8.68. The second-order valence-electron chi connectivity index (χ2n) is 3.06. The Morgan fingerprint density at radius 1 is 1.00 bits per heavy atom. The molecule has 72 valence electrons. The summed E-state index contributed by atoms with van der Waals surface area (Å²) < 4.78 is 0. The van der Waals surface area contributed by atoms with Crippen LogP contribution in [0.25, 0.3) is 0 Å². The van der Waals surface area contributed by atoms with Gasteiger partial charge in [0, 0.05) is 0 Å². The van der Waals surface area contributed by atoms with Crippen LogP contribution in [0.5, 0.6) is 0 Å². The molecule has 0 N–H and O–H groups in total. The van der Waals surface area contributed by atoms with E-state index in [1.807, 2.05) is 13.8 Å². The standard InChI is InChI=1S/C11H16O2/c1-5-11(9(3)7-13)10(4)8(2)6-12/h6-7H,5H2,1-4H3. The first kappa shape index (κ1) is 11.8. The molecule has 0 aliphatic heterocycles. The van der Waals surface area contributed by atoms with E-state index in [9.17, 15) is 9.59 Å². The molecule has 2 heteroatoms. The van der Waals surface area contributed by atoms with Gasteiger partial charge in [-0.3, -0.25) is 9.59 Å². The van der Waals surface area contributed by atoms with E-state index >= 15 is 0 Å². The zero-order valence-electron chi connectivity index (χ0n) is 8.68. The molecule has 0 amide bonds. The van der Waals surface area contributed by atoms with Gasteiger partial charge < -0.3 is 0 Å². The second-order valence-corrected chi connectivity index (χ2v) is 3.06. The Morgan fingerprint density at radius 2 is 1.46 bits per heavy atom. The summed E-state index contributed by atoms with van der Waals surface area (Å²) >= 11 is 0. The van der Waals surface area contributed by atoms with Gasteiger partial charge in [-0.05, 0) is 49.5 Å². The highest BCUT2D eigenvalue weighted by Gasteiger charge is 2.04. The highest BCUT2D eigenvalue weighted by atomic mass is 16.1. The van der Waals surface area contributed by atoms with Gasteiger partial charge >= 0.3 is 0 Å². The summed E-state index contributed by atoms with van der Waals surface area (Å²) in [4.78, 5) is 21.1. The first-order chi connectivity index (χ1) is 6.08. The van der Waals surface area contributed by atoms with Gasteiger partial charge in [0.1, 0.15) is 12.6 Å². The Bertz CT molecular complexity index is 270. The van der Waals surface area contributed by atoms with Gasteiger partial charge in [0.2, 0.25) is 0 Å². The number of carbonyl (C=O) groups excluding carboxylic acids is 2. The fraction of sp³-hybridized carbons (Fsp3) is 0.455. The van der Waals surface area contributed by atoms with E-state index in [2.05, 4.69) is 0 Å². The molecule has 0 radical (unpaired) electrons. The van der Waals surface area contributed by atoms with E-state index in [0.717, 1.165) is 30.1 Å². The predicted molar refractivity (Wildman–Crippen MR) is 53.5 cm³/mol. The molecule has 0 atom stereocenters. The van der Waals surface area contributed by atoms with Gasteiger partial charge in [0.15, 0.2) is 0 Å². The normalized spacial score (nSPS) is 14.5. The Balaban J connectivity index is 5.24. The molecule has 0 heterocycles. The molecular formula is C11H16O2. The Hall–Kier alpha value is -1.18. The molecule has 0 bridgehead atoms. The van der Waals surface area contributed by atoms with E-state index in [0.29, 0.717) is 11.1 Å². The van der Waals surface area contributed by atoms with Crippen molar-refractivity contribution in [2.24, 2.45) is 0 Å². The number of carbonyl (C=O) groups is 2. The Morgan fingerprint density at radius 3 is 1.77 bits per heavy atom. The van der Waals surface area contributed by atoms with Crippen molar-refractivity contribution in [1.82, 2.24) is 0 Å². The predicted octanol–water partition coefficient (Wildman–Crippen LogP) is 2.45. The van der Waals surface area contributed by atoms with Crippen molar-refractivity contribution in [3.05, 3.63) is 22.3 Å². The van der Waals surface area contributed by atoms with Gasteiger partial charge in [0.25, 0.3) is 0 Å². The third-order valence-corrected chi connectivity index (χ3v) is 2.23. The number of allylic oxidation sites excluding steroid dienone is 4. The van der Waals surface area contributed by atoms with Crippen LogP contribution in [-0.2, 0) is 9.59 Å². The molecule has 0 unspecified atom stereocenters. The third-order valence-electron chi connectivity index (χ3n) is 2.23. The van der Waals surface area contributed by atoms with Crippen molar-refractivity contribution >= 4 is 12.6 Å². The summed E-state index contributed by atoms with van der Waals surface area (Å²) in [5, 5.41) is 0. The summed E-state index contributed by atoms with van der Waals surface area (Å²) in [5.41, 5.74) is 3.29. The molecule has 0 fully saturated rings. The quantitative estimate of drug-likeness (QED) is 0.378. The van der Waals surface area contributed by atoms with Crippen molar-refractivity contribution in [2.45, 2.75) is 34.1 Å². The lowest BCUT2D eigenvalue weighted by atomic mass is 9.97. The fourth-order valence-corrected chi connectivity index (χ4v) is 1.24. The van der Waals surface area contributed by atoms with Crippen LogP contribution in [0.2, 0.25) is 0 Å². The number of rotatable bonds is 4. The Labute approximate surface area is 79.3 Å². The zero-order chi connectivity index (χ0) is 10.4. The van der Waals surface area contributed by atoms with Crippen molar-refractivity contribution in [1.29, 1.82) is 0 Å². The van der Waals surface area contributed by atoms with Gasteiger partial charge in [-0.2, -0.15) is 0 Å². The minimum Gasteiger partial charge on any atom is -0.298 e. The van der Waals surface area contributed by atoms with E-state index in [4.69, 9.17) is 0 Å². The maximum Gasteiger partial charge on any atom is 0.146 e. The number of hydrogen-bond acceptors (Lipinski definition) is 2. The molecule has 0 spiro atoms. The molecule has 0 saturated carbocycles. The van der Waals surface area contributed by atoms with Gasteiger partial charge in [0.05, 0.1) is 0 Å². The van der Waals surface area contributed by atoms with Gasteiger partial charge in [-0.1, -0.05) is 6.92 Å². The Kier molecular flexibility index (Phi) is 4.97. The van der Waals surface area contributed by atoms with Crippen LogP contribution in [0.3, 0.4) is 0 Å². The molecule has 0 aliphatic rings. The highest BCUT2D eigenvalue weighted by Crippen LogP contribution is 2.19. The lowest BCUT2D eigenvalue weighted by Crippen LogP contribution is -1.95. The lowest BCUT2D eigenvalue weighted by Gasteiger charge is -2.08. The smallest absolute Gasteiger partial charge is 0.146 e. The fourth-order valence-electron chi connectivity index (χ4n) is 1.24. The van der Waals surface area contributed by atoms with Crippen molar-refractivity contribution < 1.29 is 9.59 Å². The summed E-state index contributed by atoms with van der Waals surface area (Å²) in [6, 6.07) is 0. The molecule has 0 aromatic heterocycles. The summed E-state index contributed by atoms with van der Waals surface area (Å²) in [7, 11) is 0. The first-order valence-electron chi connectivity index (χ1n) is 4.36. The van der Waals surface area contributed by atoms with Gasteiger partial charge in [-0.15, -0.1) is 0 Å². The maximum absolute atomic E-state index is 10.6. The minimum atomic E-state index is 0.693.